The van der Waals surface area contributed by atoms with E-state index in [4.69, 9.17) is 0 Å². The highest BCUT2D eigenvalue weighted by atomic mass is 16.2. The largest absolute Gasteiger partial charge is 0.371 e. The van der Waals surface area contributed by atoms with Gasteiger partial charge in [-0.15, -0.1) is 0 Å². The van der Waals surface area contributed by atoms with Crippen LogP contribution in [0.25, 0.3) is 0 Å². The fraction of sp³-hybridized carbons (Fsp3) is 0.409. The number of nitrogens with one attached hydrogen (secondary N) is 2. The van der Waals surface area contributed by atoms with Gasteiger partial charge < -0.3 is 20.4 Å². The Hall–Kier alpha value is -2.53. The standard InChI is InChI=1S/C22H30N4O/c1-25(2)17-20-9-7-6-8-19(20)15-24-22(27)23-14-18-12-13-26(16-18)21-10-4-3-5-11-21/h3-11,18H,12-17H2,1-2H3,(H2,23,24,27)/t18-/m0/s1. The number of urea groups is 1. The van der Waals surface area contributed by atoms with Gasteiger partial charge in [0.25, 0.3) is 0 Å². The number of para-hydroxylation sites is 1. The lowest BCUT2D eigenvalue weighted by Gasteiger charge is -2.19. The molecule has 0 radical (unpaired) electrons. The van der Waals surface area contributed by atoms with Crippen LogP contribution in [0.2, 0.25) is 0 Å². The van der Waals surface area contributed by atoms with Crippen LogP contribution in [-0.2, 0) is 13.1 Å². The molecule has 5 heteroatoms. The third-order valence-corrected chi connectivity index (χ3v) is 5.00. The summed E-state index contributed by atoms with van der Waals surface area (Å²) in [6, 6.07) is 18.6. The maximum Gasteiger partial charge on any atom is 0.315 e. The minimum absolute atomic E-state index is 0.0900. The highest BCUT2D eigenvalue weighted by Gasteiger charge is 2.22. The molecule has 2 aromatic rings. The van der Waals surface area contributed by atoms with E-state index in [0.29, 0.717) is 19.0 Å². The summed E-state index contributed by atoms with van der Waals surface area (Å²) in [6.07, 6.45) is 1.11. The molecule has 2 amide bonds. The first-order chi connectivity index (χ1) is 13.1. The van der Waals surface area contributed by atoms with E-state index in [-0.39, 0.29) is 6.03 Å². The normalized spacial score (nSPS) is 16.6. The van der Waals surface area contributed by atoms with Crippen LogP contribution in [0.1, 0.15) is 17.5 Å². The zero-order valence-corrected chi connectivity index (χ0v) is 16.3. The second-order valence-corrected chi connectivity index (χ2v) is 7.51. The van der Waals surface area contributed by atoms with Crippen molar-refractivity contribution in [3.63, 3.8) is 0 Å². The summed E-state index contributed by atoms with van der Waals surface area (Å²) in [5.41, 5.74) is 3.68. The Labute approximate surface area is 162 Å². The van der Waals surface area contributed by atoms with E-state index in [9.17, 15) is 4.79 Å². The van der Waals surface area contributed by atoms with Gasteiger partial charge in [-0.2, -0.15) is 0 Å². The van der Waals surface area contributed by atoms with E-state index in [0.717, 1.165) is 31.6 Å². The SMILES string of the molecule is CN(C)Cc1ccccc1CNC(=O)NC[C@@H]1CCN(c2ccccc2)C1. The Morgan fingerprint density at radius 1 is 1.04 bits per heavy atom. The summed E-state index contributed by atoms with van der Waals surface area (Å²) in [7, 11) is 4.11. The quantitative estimate of drug-likeness (QED) is 0.792. The second-order valence-electron chi connectivity index (χ2n) is 7.51. The molecular formula is C22H30N4O. The number of rotatable bonds is 7. The first-order valence-corrected chi connectivity index (χ1v) is 9.65. The summed E-state index contributed by atoms with van der Waals surface area (Å²) in [6.45, 7) is 4.19. The van der Waals surface area contributed by atoms with Gasteiger partial charge in [-0.05, 0) is 49.7 Å². The smallest absolute Gasteiger partial charge is 0.315 e. The molecule has 3 rings (SSSR count). The van der Waals surface area contributed by atoms with E-state index in [1.54, 1.807) is 0 Å². The van der Waals surface area contributed by atoms with Crippen molar-refractivity contribution in [2.45, 2.75) is 19.5 Å². The third kappa shape index (κ3) is 5.73. The van der Waals surface area contributed by atoms with E-state index >= 15 is 0 Å². The maximum absolute atomic E-state index is 12.2. The van der Waals surface area contributed by atoms with Gasteiger partial charge in [0, 0.05) is 38.4 Å². The van der Waals surface area contributed by atoms with Crippen molar-refractivity contribution >= 4 is 11.7 Å². The van der Waals surface area contributed by atoms with Gasteiger partial charge in [0.05, 0.1) is 0 Å². The van der Waals surface area contributed by atoms with Crippen molar-refractivity contribution in [1.29, 1.82) is 0 Å². The van der Waals surface area contributed by atoms with Gasteiger partial charge in [-0.1, -0.05) is 42.5 Å². The lowest BCUT2D eigenvalue weighted by atomic mass is 10.1. The Morgan fingerprint density at radius 3 is 2.48 bits per heavy atom. The Morgan fingerprint density at radius 2 is 1.74 bits per heavy atom. The molecule has 1 fully saturated rings. The first-order valence-electron chi connectivity index (χ1n) is 9.65. The lowest BCUT2D eigenvalue weighted by molar-refractivity contribution is 0.239. The summed E-state index contributed by atoms with van der Waals surface area (Å²) >= 11 is 0. The maximum atomic E-state index is 12.2. The minimum atomic E-state index is -0.0900. The van der Waals surface area contributed by atoms with Crippen LogP contribution in [0, 0.1) is 5.92 Å². The van der Waals surface area contributed by atoms with Gasteiger partial charge >= 0.3 is 6.03 Å². The highest BCUT2D eigenvalue weighted by molar-refractivity contribution is 5.73. The predicted molar refractivity (Wildman–Crippen MR) is 111 cm³/mol. The molecule has 144 valence electrons. The molecule has 2 aromatic carbocycles. The number of benzene rings is 2. The van der Waals surface area contributed by atoms with Gasteiger partial charge in [0.2, 0.25) is 0 Å². The number of anilines is 1. The van der Waals surface area contributed by atoms with Crippen molar-refractivity contribution in [2.24, 2.45) is 5.92 Å². The summed E-state index contributed by atoms with van der Waals surface area (Å²) in [5.74, 6) is 0.497. The van der Waals surface area contributed by atoms with Gasteiger partial charge in [-0.3, -0.25) is 0 Å². The summed E-state index contributed by atoms with van der Waals surface area (Å²) < 4.78 is 0. The second kappa shape index (κ2) is 9.42. The van der Waals surface area contributed by atoms with Crippen molar-refractivity contribution in [3.8, 4) is 0 Å². The lowest BCUT2D eigenvalue weighted by Crippen LogP contribution is -2.38. The van der Waals surface area contributed by atoms with Crippen molar-refractivity contribution in [3.05, 3.63) is 65.7 Å². The number of nitrogens with zero attached hydrogens (tertiary/aromatic N) is 2. The van der Waals surface area contributed by atoms with E-state index in [2.05, 4.69) is 70.9 Å². The van der Waals surface area contributed by atoms with E-state index in [1.807, 2.05) is 18.2 Å². The molecule has 0 aromatic heterocycles. The van der Waals surface area contributed by atoms with Gasteiger partial charge in [-0.25, -0.2) is 4.79 Å². The number of hydrogen-bond donors (Lipinski definition) is 2. The van der Waals surface area contributed by atoms with Crippen LogP contribution >= 0.6 is 0 Å². The molecule has 1 atom stereocenters. The fourth-order valence-corrected chi connectivity index (χ4v) is 3.57. The molecule has 0 saturated carbocycles. The zero-order valence-electron chi connectivity index (χ0n) is 16.3. The number of carbonyl (C=O) groups excluding carboxylic acids is 1. The molecule has 5 nitrogen and oxygen atoms in total. The van der Waals surface area contributed by atoms with E-state index < -0.39 is 0 Å². The molecule has 0 spiro atoms. The van der Waals surface area contributed by atoms with Gasteiger partial charge in [0.15, 0.2) is 0 Å². The number of amides is 2. The van der Waals surface area contributed by atoms with Crippen LogP contribution < -0.4 is 15.5 Å². The van der Waals surface area contributed by atoms with Crippen molar-refractivity contribution < 1.29 is 4.79 Å². The van der Waals surface area contributed by atoms with Crippen LogP contribution in [0.3, 0.4) is 0 Å². The van der Waals surface area contributed by atoms with Crippen molar-refractivity contribution in [1.82, 2.24) is 15.5 Å². The molecule has 2 N–H and O–H groups in total. The first kappa shape index (κ1) is 19.2. The Kier molecular flexibility index (Phi) is 6.71. The average Bonchev–Trinajstić information content (AvgIpc) is 3.15. The van der Waals surface area contributed by atoms with Crippen LogP contribution in [0.15, 0.2) is 54.6 Å². The molecular weight excluding hydrogens is 336 g/mol. The fourth-order valence-electron chi connectivity index (χ4n) is 3.57. The molecule has 1 heterocycles. The predicted octanol–water partition coefficient (Wildman–Crippen LogP) is 3.07. The monoisotopic (exact) mass is 366 g/mol. The molecule has 0 aliphatic carbocycles. The Balaban J connectivity index is 1.42. The molecule has 1 saturated heterocycles. The zero-order chi connectivity index (χ0) is 19.1. The Bertz CT molecular complexity index is 732. The van der Waals surface area contributed by atoms with E-state index in [1.165, 1.54) is 11.3 Å². The summed E-state index contributed by atoms with van der Waals surface area (Å²) in [5, 5.41) is 6.04. The topological polar surface area (TPSA) is 47.6 Å². The minimum Gasteiger partial charge on any atom is -0.371 e. The molecule has 27 heavy (non-hydrogen) atoms. The van der Waals surface area contributed by atoms with Crippen molar-refractivity contribution in [2.75, 3.05) is 38.6 Å². The summed E-state index contributed by atoms with van der Waals surface area (Å²) in [4.78, 5) is 16.7. The van der Waals surface area contributed by atoms with Crippen LogP contribution in [-0.4, -0.2) is 44.7 Å². The third-order valence-electron chi connectivity index (χ3n) is 5.00. The average molecular weight is 367 g/mol. The molecule has 0 bridgehead atoms. The molecule has 1 aliphatic rings. The van der Waals surface area contributed by atoms with Gasteiger partial charge in [0.1, 0.15) is 0 Å². The molecule has 1 aliphatic heterocycles. The highest BCUT2D eigenvalue weighted by Crippen LogP contribution is 2.22. The molecule has 0 unspecified atom stereocenters. The number of hydrogen-bond acceptors (Lipinski definition) is 3. The number of carbonyl (C=O) groups is 1. The van der Waals surface area contributed by atoms with Crippen LogP contribution in [0.4, 0.5) is 10.5 Å². The van der Waals surface area contributed by atoms with Crippen LogP contribution in [0.5, 0.6) is 0 Å².